The van der Waals surface area contributed by atoms with Crippen LogP contribution in [-0.4, -0.2) is 85.9 Å². The molecule has 4 aliphatic rings. The number of ether oxygens (including phenoxy) is 1. The summed E-state index contributed by atoms with van der Waals surface area (Å²) in [4.78, 5) is 76.3. The zero-order valence-corrected chi connectivity index (χ0v) is 29.2. The number of hydrogen-bond donors (Lipinski definition) is 1. The van der Waals surface area contributed by atoms with Gasteiger partial charge in [-0.25, -0.2) is 9.59 Å². The van der Waals surface area contributed by atoms with Crippen LogP contribution in [0.25, 0.3) is 0 Å². The van der Waals surface area contributed by atoms with Crippen LogP contribution in [0.5, 0.6) is 0 Å². The van der Waals surface area contributed by atoms with Crippen LogP contribution in [0.3, 0.4) is 0 Å². The molecule has 0 radical (unpaired) electrons. The van der Waals surface area contributed by atoms with Crippen LogP contribution >= 0.6 is 0 Å². The van der Waals surface area contributed by atoms with E-state index >= 15 is 9.59 Å². The number of likely N-dealkylation sites (tertiary alicyclic amines) is 2. The Hall–Kier alpha value is -5.19. The van der Waals surface area contributed by atoms with Crippen LogP contribution in [0, 0.1) is 0 Å². The maximum absolute atomic E-state index is 15.1. The molecule has 4 amide bonds. The number of carbonyl (C=O) groups excluding carboxylic acids is 4. The molecule has 3 aromatic rings. The standard InChI is InChI=1S/C40H44N4O7/c1-40(2,3)51-39(50)44-29-17-10-9-15-27(29)23-34(44)37(47)43-30(25-12-5-4-6-13-25)19-20-31(43)35(45)42-24-28-16-8-7-14-26(28)22-33(42)36(46)41-21-11-18-32(41)38(48)49/h4-10,12-17,30-34H,11,18-24H2,1-3H3,(H,48,49)/t30-,31+,32+,33-,34-/m1/s1. The van der Waals surface area contributed by atoms with Crippen molar-refractivity contribution in [1.82, 2.24) is 14.7 Å². The molecule has 11 heteroatoms. The fourth-order valence-corrected chi connectivity index (χ4v) is 8.30. The van der Waals surface area contributed by atoms with Gasteiger partial charge in [-0.1, -0.05) is 72.8 Å². The van der Waals surface area contributed by atoms with E-state index in [1.807, 2.05) is 72.8 Å². The van der Waals surface area contributed by atoms with Gasteiger partial charge in [0.15, 0.2) is 0 Å². The van der Waals surface area contributed by atoms with Crippen molar-refractivity contribution in [1.29, 1.82) is 0 Å². The molecule has 4 aliphatic heterocycles. The molecule has 1 N–H and O–H groups in total. The molecule has 11 nitrogen and oxygen atoms in total. The molecule has 0 unspecified atom stereocenters. The van der Waals surface area contributed by atoms with Gasteiger partial charge in [0, 0.05) is 25.9 Å². The molecule has 0 spiro atoms. The summed E-state index contributed by atoms with van der Waals surface area (Å²) in [5.41, 5.74) is 3.34. The zero-order valence-electron chi connectivity index (χ0n) is 29.2. The van der Waals surface area contributed by atoms with E-state index in [0.29, 0.717) is 37.9 Å². The Bertz CT molecular complexity index is 1860. The van der Waals surface area contributed by atoms with Crippen molar-refractivity contribution in [2.24, 2.45) is 0 Å². The van der Waals surface area contributed by atoms with Crippen LogP contribution in [0.2, 0.25) is 0 Å². The number of benzene rings is 3. The van der Waals surface area contributed by atoms with Gasteiger partial charge in [0.05, 0.1) is 11.7 Å². The number of anilines is 1. The van der Waals surface area contributed by atoms with Crippen molar-refractivity contribution < 1.29 is 33.8 Å². The summed E-state index contributed by atoms with van der Waals surface area (Å²) < 4.78 is 5.81. The lowest BCUT2D eigenvalue weighted by Crippen LogP contribution is -2.60. The number of fused-ring (bicyclic) bond motifs is 2. The van der Waals surface area contributed by atoms with E-state index in [0.717, 1.165) is 22.3 Å². The molecular weight excluding hydrogens is 648 g/mol. The van der Waals surface area contributed by atoms with E-state index in [2.05, 4.69) is 0 Å². The average molecular weight is 693 g/mol. The van der Waals surface area contributed by atoms with Crippen LogP contribution in [0.1, 0.15) is 74.8 Å². The number of carboxylic acids is 1. The minimum absolute atomic E-state index is 0.157. The molecule has 2 saturated heterocycles. The molecule has 51 heavy (non-hydrogen) atoms. The molecule has 266 valence electrons. The lowest BCUT2D eigenvalue weighted by molar-refractivity contribution is -0.156. The van der Waals surface area contributed by atoms with Gasteiger partial charge in [0.1, 0.15) is 29.8 Å². The number of amides is 4. The van der Waals surface area contributed by atoms with Gasteiger partial charge >= 0.3 is 12.1 Å². The Kier molecular flexibility index (Phi) is 9.07. The largest absolute Gasteiger partial charge is 0.480 e. The van der Waals surface area contributed by atoms with Gasteiger partial charge in [-0.05, 0) is 74.8 Å². The lowest BCUT2D eigenvalue weighted by Gasteiger charge is -2.42. The molecule has 5 atom stereocenters. The number of hydrogen-bond acceptors (Lipinski definition) is 6. The predicted molar refractivity (Wildman–Crippen MR) is 189 cm³/mol. The first-order chi connectivity index (χ1) is 24.4. The van der Waals surface area contributed by atoms with E-state index in [1.54, 1.807) is 36.6 Å². The van der Waals surface area contributed by atoms with Crippen molar-refractivity contribution in [3.8, 4) is 0 Å². The Morgan fingerprint density at radius 2 is 1.29 bits per heavy atom. The highest BCUT2D eigenvalue weighted by Gasteiger charge is 2.51. The van der Waals surface area contributed by atoms with Gasteiger partial charge < -0.3 is 24.5 Å². The first-order valence-corrected chi connectivity index (χ1v) is 17.8. The average Bonchev–Trinajstić information content (AvgIpc) is 3.87. The third-order valence-corrected chi connectivity index (χ3v) is 10.6. The van der Waals surface area contributed by atoms with Gasteiger partial charge in [-0.3, -0.25) is 19.3 Å². The van der Waals surface area contributed by atoms with Gasteiger partial charge in [-0.2, -0.15) is 0 Å². The molecule has 7 rings (SSSR count). The second-order valence-corrected chi connectivity index (χ2v) is 14.9. The molecule has 0 saturated carbocycles. The second kappa shape index (κ2) is 13.5. The van der Waals surface area contributed by atoms with E-state index in [9.17, 15) is 19.5 Å². The SMILES string of the molecule is CC(C)(C)OC(=O)N1c2ccccc2C[C@@H]1C(=O)N1[C@@H](c2ccccc2)CC[C@H]1C(=O)N1Cc2ccccc2C[C@@H]1C(=O)N1CCC[C@H]1C(=O)O. The minimum Gasteiger partial charge on any atom is -0.480 e. The summed E-state index contributed by atoms with van der Waals surface area (Å²) in [5, 5.41) is 9.91. The number of nitrogens with zero attached hydrogens (tertiary/aromatic N) is 4. The smallest absolute Gasteiger partial charge is 0.415 e. The molecule has 4 heterocycles. The predicted octanol–water partition coefficient (Wildman–Crippen LogP) is 5.11. The number of carbonyl (C=O) groups is 5. The van der Waals surface area contributed by atoms with Crippen molar-refractivity contribution in [3.63, 3.8) is 0 Å². The lowest BCUT2D eigenvalue weighted by atomic mass is 9.92. The molecule has 0 aliphatic carbocycles. The highest BCUT2D eigenvalue weighted by molar-refractivity contribution is 6.02. The van der Waals surface area contributed by atoms with E-state index in [4.69, 9.17) is 4.74 Å². The Morgan fingerprint density at radius 3 is 2.00 bits per heavy atom. The summed E-state index contributed by atoms with van der Waals surface area (Å²) in [7, 11) is 0. The number of para-hydroxylation sites is 1. The molecule has 2 fully saturated rings. The van der Waals surface area contributed by atoms with Crippen molar-refractivity contribution in [2.75, 3.05) is 11.4 Å². The fourth-order valence-electron chi connectivity index (χ4n) is 8.30. The maximum atomic E-state index is 15.1. The summed E-state index contributed by atoms with van der Waals surface area (Å²) in [6.45, 7) is 5.80. The van der Waals surface area contributed by atoms with Crippen LogP contribution in [0.15, 0.2) is 78.9 Å². The Balaban J connectivity index is 1.26. The molecular formula is C40H44N4O7. The third kappa shape index (κ3) is 6.45. The van der Waals surface area contributed by atoms with Crippen molar-refractivity contribution >= 4 is 35.5 Å². The van der Waals surface area contributed by atoms with Crippen molar-refractivity contribution in [3.05, 3.63) is 101 Å². The fraction of sp³-hybridized carbons (Fsp3) is 0.425. The van der Waals surface area contributed by atoms with E-state index < -0.39 is 47.9 Å². The van der Waals surface area contributed by atoms with Gasteiger partial charge in [-0.15, -0.1) is 0 Å². The number of rotatable bonds is 5. The van der Waals surface area contributed by atoms with Crippen LogP contribution in [-0.2, 0) is 43.3 Å². The normalized spacial score (nSPS) is 24.3. The maximum Gasteiger partial charge on any atom is 0.415 e. The Morgan fingerprint density at radius 1 is 0.667 bits per heavy atom. The third-order valence-electron chi connectivity index (χ3n) is 10.6. The first kappa shape index (κ1) is 34.3. The van der Waals surface area contributed by atoms with E-state index in [1.165, 1.54) is 9.80 Å². The minimum atomic E-state index is -1.06. The summed E-state index contributed by atoms with van der Waals surface area (Å²) >= 11 is 0. The molecule has 0 bridgehead atoms. The molecule has 3 aromatic carbocycles. The topological polar surface area (TPSA) is 128 Å². The Labute approximate surface area is 297 Å². The van der Waals surface area contributed by atoms with E-state index in [-0.39, 0.29) is 37.1 Å². The number of carboxylic acid groups (broad SMARTS) is 1. The summed E-state index contributed by atoms with van der Waals surface area (Å²) in [6, 6.07) is 20.5. The van der Waals surface area contributed by atoms with Crippen LogP contribution < -0.4 is 4.90 Å². The summed E-state index contributed by atoms with van der Waals surface area (Å²) in [6.07, 6.45) is 1.67. The first-order valence-electron chi connectivity index (χ1n) is 17.8. The highest BCUT2D eigenvalue weighted by atomic mass is 16.6. The van der Waals surface area contributed by atoms with Gasteiger partial charge in [0.2, 0.25) is 17.7 Å². The number of aliphatic carboxylic acids is 1. The van der Waals surface area contributed by atoms with Gasteiger partial charge in [0.25, 0.3) is 0 Å². The monoisotopic (exact) mass is 692 g/mol. The zero-order chi connectivity index (χ0) is 36.0. The molecule has 0 aromatic heterocycles. The quantitative estimate of drug-likeness (QED) is 0.394. The highest BCUT2D eigenvalue weighted by Crippen LogP contribution is 2.42. The van der Waals surface area contributed by atoms with Crippen molar-refractivity contribution in [2.45, 2.75) is 102 Å². The second-order valence-electron chi connectivity index (χ2n) is 14.9. The van der Waals surface area contributed by atoms with Crippen LogP contribution in [0.4, 0.5) is 10.5 Å². The summed E-state index contributed by atoms with van der Waals surface area (Å²) in [5.74, 6) is -2.17.